The number of hydrogen-bond acceptors (Lipinski definition) is 2. The Morgan fingerprint density at radius 2 is 1.75 bits per heavy atom. The maximum Gasteiger partial charge on any atom is 0.235 e. The molecule has 7 heteroatoms. The van der Waals surface area contributed by atoms with Crippen LogP contribution in [0.1, 0.15) is 12.8 Å². The van der Waals surface area contributed by atoms with Gasteiger partial charge in [0.05, 0.1) is 19.9 Å². The van der Waals surface area contributed by atoms with Gasteiger partial charge in [-0.15, -0.1) is 0 Å². The van der Waals surface area contributed by atoms with Crippen molar-refractivity contribution in [1.29, 1.82) is 0 Å². The number of nitrogens with one attached hydrogen (secondary N) is 1. The van der Waals surface area contributed by atoms with E-state index in [9.17, 15) is 12.8 Å². The van der Waals surface area contributed by atoms with Crippen molar-refractivity contribution in [1.82, 2.24) is 0 Å². The maximum atomic E-state index is 13.2. The van der Waals surface area contributed by atoms with Gasteiger partial charge < -0.3 is 0 Å². The summed E-state index contributed by atoms with van der Waals surface area (Å²) in [6.07, 6.45) is 1.39. The molecule has 1 aliphatic rings. The molecule has 0 radical (unpaired) electrons. The van der Waals surface area contributed by atoms with E-state index in [0.29, 0.717) is 18.5 Å². The summed E-state index contributed by atoms with van der Waals surface area (Å²) in [6.45, 7) is 0. The van der Waals surface area contributed by atoms with Crippen LogP contribution in [-0.2, 0) is 10.0 Å². The highest BCUT2D eigenvalue weighted by molar-refractivity contribution is 9.11. The lowest BCUT2D eigenvalue weighted by Gasteiger charge is -2.08. The Morgan fingerprint density at radius 3 is 2.19 bits per heavy atom. The highest BCUT2D eigenvalue weighted by Gasteiger charge is 2.35. The lowest BCUT2D eigenvalue weighted by atomic mass is 10.3. The van der Waals surface area contributed by atoms with Crippen LogP contribution >= 0.6 is 31.9 Å². The summed E-state index contributed by atoms with van der Waals surface area (Å²) in [5, 5.41) is -0.296. The molecule has 1 aliphatic carbocycles. The largest absolute Gasteiger partial charge is 0.283 e. The second kappa shape index (κ2) is 4.27. The van der Waals surface area contributed by atoms with Crippen LogP contribution in [0.3, 0.4) is 0 Å². The molecule has 1 saturated carbocycles. The first-order valence-corrected chi connectivity index (χ1v) is 7.69. The standard InChI is InChI=1S/C9H8Br2FNO2S/c10-7-3-5(4-8(11)9(7)12)13-16(14,15)6-1-2-6/h3-4,6,13H,1-2H2. The number of anilines is 1. The molecule has 3 nitrogen and oxygen atoms in total. The summed E-state index contributed by atoms with van der Waals surface area (Å²) in [4.78, 5) is 0. The molecular weight excluding hydrogens is 365 g/mol. The highest BCUT2D eigenvalue weighted by atomic mass is 79.9. The van der Waals surface area contributed by atoms with E-state index in [2.05, 4.69) is 36.6 Å². The first-order valence-electron chi connectivity index (χ1n) is 4.56. The summed E-state index contributed by atoms with van der Waals surface area (Å²) in [7, 11) is -3.30. The van der Waals surface area contributed by atoms with Gasteiger partial charge in [0.1, 0.15) is 0 Å². The zero-order valence-electron chi connectivity index (χ0n) is 8.00. The predicted molar refractivity (Wildman–Crippen MR) is 67.4 cm³/mol. The van der Waals surface area contributed by atoms with E-state index in [4.69, 9.17) is 0 Å². The lowest BCUT2D eigenvalue weighted by Crippen LogP contribution is -2.17. The van der Waals surface area contributed by atoms with Gasteiger partial charge in [-0.3, -0.25) is 4.72 Å². The molecule has 1 aromatic rings. The normalized spacial score (nSPS) is 16.2. The van der Waals surface area contributed by atoms with E-state index in [-0.39, 0.29) is 14.2 Å². The average Bonchev–Trinajstić information content (AvgIpc) is 2.96. The molecule has 2 rings (SSSR count). The molecule has 0 saturated heterocycles. The molecule has 88 valence electrons. The van der Waals surface area contributed by atoms with E-state index in [1.807, 2.05) is 0 Å². The topological polar surface area (TPSA) is 46.2 Å². The van der Waals surface area contributed by atoms with Crippen LogP contribution in [0.15, 0.2) is 21.1 Å². The number of hydrogen-bond donors (Lipinski definition) is 1. The summed E-state index contributed by atoms with van der Waals surface area (Å²) in [6, 6.07) is 2.81. The van der Waals surface area contributed by atoms with Gasteiger partial charge in [0, 0.05) is 0 Å². The van der Waals surface area contributed by atoms with Crippen molar-refractivity contribution in [3.8, 4) is 0 Å². The molecule has 1 N–H and O–H groups in total. The van der Waals surface area contributed by atoms with Gasteiger partial charge in [-0.1, -0.05) is 0 Å². The minimum absolute atomic E-state index is 0.218. The van der Waals surface area contributed by atoms with Crippen LogP contribution in [-0.4, -0.2) is 13.7 Å². The van der Waals surface area contributed by atoms with Crippen LogP contribution in [0.4, 0.5) is 10.1 Å². The third-order valence-electron chi connectivity index (χ3n) is 2.21. The fraction of sp³-hybridized carbons (Fsp3) is 0.333. The summed E-state index contributed by atoms with van der Waals surface area (Å²) >= 11 is 6.03. The summed E-state index contributed by atoms with van der Waals surface area (Å²) in [5.41, 5.74) is 0.354. The molecule has 16 heavy (non-hydrogen) atoms. The van der Waals surface area contributed by atoms with Crippen molar-refractivity contribution < 1.29 is 12.8 Å². The van der Waals surface area contributed by atoms with Crippen LogP contribution < -0.4 is 4.72 Å². The van der Waals surface area contributed by atoms with E-state index in [1.165, 1.54) is 12.1 Å². The monoisotopic (exact) mass is 371 g/mol. The van der Waals surface area contributed by atoms with Crippen LogP contribution in [0.5, 0.6) is 0 Å². The van der Waals surface area contributed by atoms with Gasteiger partial charge in [0.25, 0.3) is 0 Å². The van der Waals surface area contributed by atoms with E-state index < -0.39 is 15.8 Å². The fourth-order valence-corrected chi connectivity index (χ4v) is 3.80. The Morgan fingerprint density at radius 1 is 1.25 bits per heavy atom. The minimum atomic E-state index is -3.30. The molecule has 0 bridgehead atoms. The molecule has 0 aliphatic heterocycles. The Bertz CT molecular complexity index is 505. The van der Waals surface area contributed by atoms with Crippen LogP contribution in [0.2, 0.25) is 0 Å². The van der Waals surface area contributed by atoms with Gasteiger partial charge in [0.15, 0.2) is 5.82 Å². The van der Waals surface area contributed by atoms with Gasteiger partial charge in [-0.2, -0.15) is 0 Å². The maximum absolute atomic E-state index is 13.2. The quantitative estimate of drug-likeness (QED) is 0.828. The predicted octanol–water partition coefficient (Wildman–Crippen LogP) is 3.25. The second-order valence-electron chi connectivity index (χ2n) is 3.60. The molecule has 0 spiro atoms. The second-order valence-corrected chi connectivity index (χ2v) is 7.27. The van der Waals surface area contributed by atoms with Crippen molar-refractivity contribution in [3.63, 3.8) is 0 Å². The number of benzene rings is 1. The van der Waals surface area contributed by atoms with Gasteiger partial charge >= 0.3 is 0 Å². The average molecular weight is 373 g/mol. The van der Waals surface area contributed by atoms with E-state index in [0.717, 1.165) is 0 Å². The Labute approximate surface area is 110 Å². The number of rotatable bonds is 3. The van der Waals surface area contributed by atoms with Crippen LogP contribution in [0.25, 0.3) is 0 Å². The lowest BCUT2D eigenvalue weighted by molar-refractivity contribution is 0.599. The first-order chi connectivity index (χ1) is 7.40. The first kappa shape index (κ1) is 12.3. The molecule has 0 heterocycles. The zero-order chi connectivity index (χ0) is 11.9. The number of sulfonamides is 1. The van der Waals surface area contributed by atoms with Crippen molar-refractivity contribution in [2.24, 2.45) is 0 Å². The molecule has 1 fully saturated rings. The molecule has 0 aromatic heterocycles. The zero-order valence-corrected chi connectivity index (χ0v) is 12.0. The van der Waals surface area contributed by atoms with Crippen molar-refractivity contribution >= 4 is 47.6 Å². The molecule has 1 aromatic carbocycles. The Balaban J connectivity index is 2.28. The molecule has 0 atom stereocenters. The SMILES string of the molecule is O=S(=O)(Nc1cc(Br)c(F)c(Br)c1)C1CC1. The smallest absolute Gasteiger partial charge is 0.235 e. The molecule has 0 unspecified atom stereocenters. The minimum Gasteiger partial charge on any atom is -0.283 e. The Kier molecular flexibility index (Phi) is 3.29. The number of halogens is 3. The third kappa shape index (κ3) is 2.57. The summed E-state index contributed by atoms with van der Waals surface area (Å²) < 4.78 is 39.4. The molecule has 0 amide bonds. The van der Waals surface area contributed by atoms with Crippen molar-refractivity contribution in [3.05, 3.63) is 26.9 Å². The van der Waals surface area contributed by atoms with E-state index >= 15 is 0 Å². The third-order valence-corrected chi connectivity index (χ3v) is 5.23. The van der Waals surface area contributed by atoms with E-state index in [1.54, 1.807) is 0 Å². The van der Waals surface area contributed by atoms with Gasteiger partial charge in [-0.05, 0) is 56.8 Å². The highest BCUT2D eigenvalue weighted by Crippen LogP contribution is 2.32. The van der Waals surface area contributed by atoms with Gasteiger partial charge in [0.2, 0.25) is 10.0 Å². The van der Waals surface area contributed by atoms with Crippen LogP contribution in [0, 0.1) is 5.82 Å². The van der Waals surface area contributed by atoms with Gasteiger partial charge in [-0.25, -0.2) is 12.8 Å². The summed E-state index contributed by atoms with van der Waals surface area (Å²) in [5.74, 6) is -0.450. The fourth-order valence-electron chi connectivity index (χ4n) is 1.24. The Hall–Kier alpha value is -0.140. The van der Waals surface area contributed by atoms with Crippen molar-refractivity contribution in [2.75, 3.05) is 4.72 Å². The van der Waals surface area contributed by atoms with Crippen molar-refractivity contribution in [2.45, 2.75) is 18.1 Å². The molecular formula is C9H8Br2FNO2S.